The second-order valence-electron chi connectivity index (χ2n) is 4.51. The maximum Gasteiger partial charge on any atom is 0.341 e. The van der Waals surface area contributed by atoms with Crippen LogP contribution in [-0.2, 0) is 11.3 Å². The van der Waals surface area contributed by atoms with Crippen molar-refractivity contribution in [3.8, 4) is 0 Å². The Bertz CT molecular complexity index is 366. The van der Waals surface area contributed by atoms with E-state index in [4.69, 9.17) is 4.42 Å². The fourth-order valence-electron chi connectivity index (χ4n) is 2.25. The zero-order valence-electron chi connectivity index (χ0n) is 10.2. The van der Waals surface area contributed by atoms with E-state index >= 15 is 0 Å². The predicted octanol–water partition coefficient (Wildman–Crippen LogP) is 2.49. The van der Waals surface area contributed by atoms with E-state index in [1.807, 2.05) is 0 Å². The third-order valence-electron chi connectivity index (χ3n) is 3.24. The van der Waals surface area contributed by atoms with Crippen LogP contribution in [0.25, 0.3) is 0 Å². The molecule has 0 atom stereocenters. The first kappa shape index (κ1) is 12.2. The van der Waals surface area contributed by atoms with Gasteiger partial charge in [-0.1, -0.05) is 19.3 Å². The van der Waals surface area contributed by atoms with Crippen LogP contribution in [0.4, 0.5) is 0 Å². The van der Waals surface area contributed by atoms with Gasteiger partial charge in [0, 0.05) is 6.04 Å². The van der Waals surface area contributed by atoms with Gasteiger partial charge in [0.1, 0.15) is 12.0 Å². The molecule has 0 spiro atoms. The largest absolute Gasteiger partial charge is 0.467 e. The van der Waals surface area contributed by atoms with Gasteiger partial charge < -0.3 is 14.5 Å². The second-order valence-corrected chi connectivity index (χ2v) is 4.51. The lowest BCUT2D eigenvalue weighted by molar-refractivity contribution is 0.0600. The molecule has 1 aliphatic rings. The van der Waals surface area contributed by atoms with Crippen LogP contribution in [0, 0.1) is 0 Å². The van der Waals surface area contributed by atoms with Crippen molar-refractivity contribution in [2.75, 3.05) is 7.11 Å². The molecule has 0 aliphatic heterocycles. The third-order valence-corrected chi connectivity index (χ3v) is 3.24. The van der Waals surface area contributed by atoms with Gasteiger partial charge in [0.25, 0.3) is 0 Å². The van der Waals surface area contributed by atoms with E-state index in [0.29, 0.717) is 18.2 Å². The molecule has 1 saturated carbocycles. The molecule has 1 N–H and O–H groups in total. The van der Waals surface area contributed by atoms with Crippen LogP contribution in [0.3, 0.4) is 0 Å². The standard InChI is InChI=1S/C13H19NO3/c1-16-13(15)10-7-12(17-9-10)8-14-11-5-3-2-4-6-11/h7,9,11,14H,2-6,8H2,1H3. The van der Waals surface area contributed by atoms with Crippen molar-refractivity contribution in [1.29, 1.82) is 0 Å². The molecule has 1 heterocycles. The van der Waals surface area contributed by atoms with Gasteiger partial charge in [-0.05, 0) is 18.9 Å². The summed E-state index contributed by atoms with van der Waals surface area (Å²) in [5.41, 5.74) is 0.480. The number of carbonyl (C=O) groups excluding carboxylic acids is 1. The highest BCUT2D eigenvalue weighted by Gasteiger charge is 2.14. The van der Waals surface area contributed by atoms with Gasteiger partial charge in [0.05, 0.1) is 19.2 Å². The normalized spacial score (nSPS) is 17.0. The van der Waals surface area contributed by atoms with Crippen LogP contribution in [0.15, 0.2) is 16.7 Å². The minimum Gasteiger partial charge on any atom is -0.467 e. The van der Waals surface area contributed by atoms with Crippen molar-refractivity contribution in [2.45, 2.75) is 44.7 Å². The van der Waals surface area contributed by atoms with E-state index in [2.05, 4.69) is 10.1 Å². The fraction of sp³-hybridized carbons (Fsp3) is 0.615. The van der Waals surface area contributed by atoms with Crippen molar-refractivity contribution >= 4 is 5.97 Å². The van der Waals surface area contributed by atoms with Crippen LogP contribution >= 0.6 is 0 Å². The van der Waals surface area contributed by atoms with Crippen molar-refractivity contribution in [2.24, 2.45) is 0 Å². The molecule has 1 aromatic heterocycles. The van der Waals surface area contributed by atoms with Crippen LogP contribution in [0.5, 0.6) is 0 Å². The molecule has 0 bridgehead atoms. The number of hydrogen-bond acceptors (Lipinski definition) is 4. The monoisotopic (exact) mass is 237 g/mol. The fourth-order valence-corrected chi connectivity index (χ4v) is 2.25. The molecular weight excluding hydrogens is 218 g/mol. The number of carbonyl (C=O) groups is 1. The molecular formula is C13H19NO3. The molecule has 0 unspecified atom stereocenters. The van der Waals surface area contributed by atoms with Crippen LogP contribution in [0.1, 0.15) is 48.2 Å². The van der Waals surface area contributed by atoms with Gasteiger partial charge in [-0.3, -0.25) is 0 Å². The third kappa shape index (κ3) is 3.33. The summed E-state index contributed by atoms with van der Waals surface area (Å²) in [6.07, 6.45) is 7.90. The van der Waals surface area contributed by atoms with E-state index in [1.54, 1.807) is 6.07 Å². The Kier molecular flexibility index (Phi) is 4.20. The van der Waals surface area contributed by atoms with E-state index in [9.17, 15) is 4.79 Å². The first-order chi connectivity index (χ1) is 8.29. The topological polar surface area (TPSA) is 51.5 Å². The zero-order valence-corrected chi connectivity index (χ0v) is 10.2. The van der Waals surface area contributed by atoms with Gasteiger partial charge in [-0.15, -0.1) is 0 Å². The molecule has 1 aliphatic carbocycles. The van der Waals surface area contributed by atoms with E-state index in [-0.39, 0.29) is 5.97 Å². The van der Waals surface area contributed by atoms with Crippen LogP contribution in [0.2, 0.25) is 0 Å². The summed E-state index contributed by atoms with van der Waals surface area (Å²) < 4.78 is 9.94. The Hall–Kier alpha value is -1.29. The van der Waals surface area contributed by atoms with Crippen molar-refractivity contribution in [3.63, 3.8) is 0 Å². The van der Waals surface area contributed by atoms with Crippen LogP contribution < -0.4 is 5.32 Å². The maximum absolute atomic E-state index is 11.2. The van der Waals surface area contributed by atoms with E-state index < -0.39 is 0 Å². The number of esters is 1. The second kappa shape index (κ2) is 5.87. The summed E-state index contributed by atoms with van der Waals surface area (Å²) in [6, 6.07) is 2.33. The average molecular weight is 237 g/mol. The Balaban J connectivity index is 1.82. The highest BCUT2D eigenvalue weighted by molar-refractivity contribution is 5.88. The molecule has 2 rings (SSSR count). The molecule has 1 fully saturated rings. The molecule has 0 saturated heterocycles. The Morgan fingerprint density at radius 1 is 1.47 bits per heavy atom. The molecule has 4 nitrogen and oxygen atoms in total. The number of methoxy groups -OCH3 is 1. The first-order valence-corrected chi connectivity index (χ1v) is 6.18. The molecule has 4 heteroatoms. The SMILES string of the molecule is COC(=O)c1coc(CNC2CCCCC2)c1. The number of rotatable bonds is 4. The molecule has 17 heavy (non-hydrogen) atoms. The van der Waals surface area contributed by atoms with Gasteiger partial charge in [-0.25, -0.2) is 4.79 Å². The molecule has 94 valence electrons. The minimum absolute atomic E-state index is 0.349. The Morgan fingerprint density at radius 3 is 2.94 bits per heavy atom. The van der Waals surface area contributed by atoms with Crippen molar-refractivity contribution in [3.05, 3.63) is 23.7 Å². The van der Waals surface area contributed by atoms with E-state index in [1.165, 1.54) is 45.5 Å². The lowest BCUT2D eigenvalue weighted by Crippen LogP contribution is -2.30. The van der Waals surface area contributed by atoms with Gasteiger partial charge >= 0.3 is 5.97 Å². The minimum atomic E-state index is -0.349. The maximum atomic E-state index is 11.2. The number of ether oxygens (including phenoxy) is 1. The van der Waals surface area contributed by atoms with Crippen molar-refractivity contribution < 1.29 is 13.9 Å². The molecule has 0 amide bonds. The summed E-state index contributed by atoms with van der Waals surface area (Å²) in [6.45, 7) is 0.682. The smallest absolute Gasteiger partial charge is 0.341 e. The Morgan fingerprint density at radius 2 is 2.24 bits per heavy atom. The number of nitrogens with one attached hydrogen (secondary N) is 1. The van der Waals surface area contributed by atoms with E-state index in [0.717, 1.165) is 5.76 Å². The van der Waals surface area contributed by atoms with Crippen molar-refractivity contribution in [1.82, 2.24) is 5.32 Å². The van der Waals surface area contributed by atoms with Gasteiger partial charge in [0.15, 0.2) is 0 Å². The summed E-state index contributed by atoms with van der Waals surface area (Å²) in [5.74, 6) is 0.439. The first-order valence-electron chi connectivity index (χ1n) is 6.18. The van der Waals surface area contributed by atoms with Gasteiger partial charge in [-0.2, -0.15) is 0 Å². The van der Waals surface area contributed by atoms with Crippen LogP contribution in [-0.4, -0.2) is 19.1 Å². The summed E-state index contributed by atoms with van der Waals surface area (Å²) in [4.78, 5) is 11.2. The highest BCUT2D eigenvalue weighted by Crippen LogP contribution is 2.18. The lowest BCUT2D eigenvalue weighted by Gasteiger charge is -2.22. The average Bonchev–Trinajstić information content (AvgIpc) is 2.85. The molecule has 1 aromatic rings. The van der Waals surface area contributed by atoms with Gasteiger partial charge in [0.2, 0.25) is 0 Å². The quantitative estimate of drug-likeness (QED) is 0.817. The summed E-state index contributed by atoms with van der Waals surface area (Å²) >= 11 is 0. The molecule has 0 radical (unpaired) electrons. The highest BCUT2D eigenvalue weighted by atomic mass is 16.5. The molecule has 0 aromatic carbocycles. The summed E-state index contributed by atoms with van der Waals surface area (Å²) in [7, 11) is 1.37. The summed E-state index contributed by atoms with van der Waals surface area (Å²) in [5, 5.41) is 3.46. The lowest BCUT2D eigenvalue weighted by atomic mass is 9.95. The number of hydrogen-bond donors (Lipinski definition) is 1. The zero-order chi connectivity index (χ0) is 12.1. The predicted molar refractivity (Wildman–Crippen MR) is 63.8 cm³/mol. The Labute approximate surface area is 101 Å². The number of furan rings is 1.